The van der Waals surface area contributed by atoms with Crippen molar-refractivity contribution >= 4 is 0 Å². The second kappa shape index (κ2) is 9.43. The van der Waals surface area contributed by atoms with Crippen LogP contribution in [0.25, 0.3) is 0 Å². The van der Waals surface area contributed by atoms with Gasteiger partial charge in [0.2, 0.25) is 0 Å². The molecule has 4 atom stereocenters. The van der Waals surface area contributed by atoms with Crippen LogP contribution in [0.3, 0.4) is 0 Å². The normalized spacial score (nSPS) is 30.1. The Balaban J connectivity index is 1.67. The third-order valence-corrected chi connectivity index (χ3v) is 6.23. The highest BCUT2D eigenvalue weighted by Crippen LogP contribution is 2.50. The zero-order chi connectivity index (χ0) is 20.1. The van der Waals surface area contributed by atoms with Crippen molar-refractivity contribution < 1.29 is 18.9 Å². The third-order valence-electron chi connectivity index (χ3n) is 6.23. The van der Waals surface area contributed by atoms with Gasteiger partial charge in [-0.2, -0.15) is 0 Å². The highest BCUT2D eigenvalue weighted by molar-refractivity contribution is 5.27. The van der Waals surface area contributed by atoms with Crippen molar-refractivity contribution in [1.29, 1.82) is 0 Å². The van der Waals surface area contributed by atoms with Gasteiger partial charge in [0, 0.05) is 13.0 Å². The van der Waals surface area contributed by atoms with Gasteiger partial charge in [-0.3, -0.25) is 0 Å². The molecule has 0 unspecified atom stereocenters. The van der Waals surface area contributed by atoms with Crippen LogP contribution in [0, 0.1) is 11.8 Å². The zero-order valence-electron chi connectivity index (χ0n) is 18.1. The van der Waals surface area contributed by atoms with E-state index >= 15 is 0 Å². The minimum atomic E-state index is -0.0287. The summed E-state index contributed by atoms with van der Waals surface area (Å²) in [7, 11) is 3.49. The van der Waals surface area contributed by atoms with E-state index in [1.54, 1.807) is 7.11 Å². The Bertz CT molecular complexity index is 645. The molecule has 156 valence electrons. The molecule has 1 aromatic rings. The first-order valence-electron chi connectivity index (χ1n) is 10.6. The van der Waals surface area contributed by atoms with Crippen LogP contribution in [-0.2, 0) is 20.8 Å². The lowest BCUT2D eigenvalue weighted by atomic mass is 9.72. The van der Waals surface area contributed by atoms with Crippen LogP contribution in [0.2, 0.25) is 0 Å². The molecule has 2 fully saturated rings. The van der Waals surface area contributed by atoms with E-state index in [0.717, 1.165) is 43.1 Å². The lowest BCUT2D eigenvalue weighted by Crippen LogP contribution is -2.49. The molecule has 28 heavy (non-hydrogen) atoms. The van der Waals surface area contributed by atoms with E-state index in [4.69, 9.17) is 18.9 Å². The molecule has 1 saturated heterocycles. The van der Waals surface area contributed by atoms with Crippen LogP contribution < -0.4 is 4.74 Å². The van der Waals surface area contributed by atoms with Gasteiger partial charge >= 0.3 is 0 Å². The van der Waals surface area contributed by atoms with Crippen LogP contribution in [0.15, 0.2) is 35.9 Å². The standard InChI is InChI=1S/C24H36O4/c1-17(2)7-6-8-18(3)22-23(26-5)21(13-14-24(22)16-28-24)27-15-19-9-11-20(25-4)12-10-19/h8-12,17,21-23H,6-7,13-16H2,1-5H3/t21-,22+,23-,24+/m1/s1. The van der Waals surface area contributed by atoms with Crippen molar-refractivity contribution in [3.05, 3.63) is 41.5 Å². The van der Waals surface area contributed by atoms with Crippen molar-refractivity contribution in [3.63, 3.8) is 0 Å². The van der Waals surface area contributed by atoms with E-state index in [2.05, 4.69) is 39.0 Å². The van der Waals surface area contributed by atoms with E-state index in [1.807, 2.05) is 19.2 Å². The van der Waals surface area contributed by atoms with E-state index in [-0.39, 0.29) is 23.7 Å². The third kappa shape index (κ3) is 4.97. The van der Waals surface area contributed by atoms with Crippen LogP contribution in [0.5, 0.6) is 5.75 Å². The SMILES string of the molecule is COc1ccc(CO[C@@H]2CC[C@]3(CO3)[C@@H](C(C)=CCCC(C)C)[C@@H]2OC)cc1. The average molecular weight is 389 g/mol. The Morgan fingerprint density at radius 2 is 1.96 bits per heavy atom. The van der Waals surface area contributed by atoms with Crippen molar-refractivity contribution in [2.24, 2.45) is 11.8 Å². The van der Waals surface area contributed by atoms with Crippen molar-refractivity contribution in [2.75, 3.05) is 20.8 Å². The molecule has 4 nitrogen and oxygen atoms in total. The number of methoxy groups -OCH3 is 2. The van der Waals surface area contributed by atoms with Crippen molar-refractivity contribution in [1.82, 2.24) is 0 Å². The van der Waals surface area contributed by atoms with Gasteiger partial charge in [0.25, 0.3) is 0 Å². The Hall–Kier alpha value is -1.36. The van der Waals surface area contributed by atoms with Gasteiger partial charge in [-0.1, -0.05) is 37.6 Å². The molecule has 1 saturated carbocycles. The summed E-state index contributed by atoms with van der Waals surface area (Å²) in [5.41, 5.74) is 2.51. The summed E-state index contributed by atoms with van der Waals surface area (Å²) in [6, 6.07) is 8.07. The molecular weight excluding hydrogens is 352 g/mol. The molecule has 1 spiro atoms. The highest BCUT2D eigenvalue weighted by Gasteiger charge is 2.59. The van der Waals surface area contributed by atoms with Crippen LogP contribution in [-0.4, -0.2) is 38.6 Å². The quantitative estimate of drug-likeness (QED) is 0.433. The minimum absolute atomic E-state index is 0.0287. The van der Waals surface area contributed by atoms with E-state index in [1.165, 1.54) is 12.0 Å². The summed E-state index contributed by atoms with van der Waals surface area (Å²) in [5.74, 6) is 1.87. The highest BCUT2D eigenvalue weighted by atomic mass is 16.6. The first-order valence-corrected chi connectivity index (χ1v) is 10.6. The molecule has 1 aromatic carbocycles. The maximum atomic E-state index is 6.34. The van der Waals surface area contributed by atoms with Gasteiger partial charge in [-0.15, -0.1) is 0 Å². The smallest absolute Gasteiger partial charge is 0.118 e. The molecule has 0 amide bonds. The maximum Gasteiger partial charge on any atom is 0.118 e. The molecule has 4 heteroatoms. The fraction of sp³-hybridized carbons (Fsp3) is 0.667. The largest absolute Gasteiger partial charge is 0.497 e. The molecule has 0 bridgehead atoms. The Morgan fingerprint density at radius 1 is 1.25 bits per heavy atom. The average Bonchev–Trinajstić information content (AvgIpc) is 3.46. The lowest BCUT2D eigenvalue weighted by Gasteiger charge is -2.41. The minimum Gasteiger partial charge on any atom is -0.497 e. The second-order valence-corrected chi connectivity index (χ2v) is 8.69. The maximum absolute atomic E-state index is 6.34. The monoisotopic (exact) mass is 388 g/mol. The molecule has 0 aromatic heterocycles. The van der Waals surface area contributed by atoms with Gasteiger partial charge in [-0.25, -0.2) is 0 Å². The predicted octanol–water partition coefficient (Wildman–Crippen LogP) is 5.16. The van der Waals surface area contributed by atoms with Gasteiger partial charge in [-0.05, 0) is 56.2 Å². The molecule has 3 rings (SSSR count). The molecule has 2 aliphatic rings. The summed E-state index contributed by atoms with van der Waals surface area (Å²) < 4.78 is 23.6. The number of hydrogen-bond acceptors (Lipinski definition) is 4. The number of ether oxygens (including phenoxy) is 4. The fourth-order valence-electron chi connectivity index (χ4n) is 4.47. The summed E-state index contributed by atoms with van der Waals surface area (Å²) in [4.78, 5) is 0. The molecule has 1 aliphatic heterocycles. The predicted molar refractivity (Wildman–Crippen MR) is 112 cm³/mol. The lowest BCUT2D eigenvalue weighted by molar-refractivity contribution is -0.119. The number of hydrogen-bond donors (Lipinski definition) is 0. The van der Waals surface area contributed by atoms with E-state index in [9.17, 15) is 0 Å². The number of rotatable bonds is 9. The van der Waals surface area contributed by atoms with Gasteiger partial charge in [0.05, 0.1) is 32.5 Å². The Morgan fingerprint density at radius 3 is 2.54 bits per heavy atom. The number of allylic oxidation sites excluding steroid dienone is 1. The summed E-state index contributed by atoms with van der Waals surface area (Å²) >= 11 is 0. The van der Waals surface area contributed by atoms with Gasteiger partial charge in [0.15, 0.2) is 0 Å². The van der Waals surface area contributed by atoms with Crippen LogP contribution in [0.4, 0.5) is 0 Å². The Kier molecular flexibility index (Phi) is 7.19. The Labute approximate surface area is 170 Å². The van der Waals surface area contributed by atoms with Crippen LogP contribution in [0.1, 0.15) is 52.0 Å². The summed E-state index contributed by atoms with van der Waals surface area (Å²) in [6.07, 6.45) is 6.86. The number of epoxide rings is 1. The summed E-state index contributed by atoms with van der Waals surface area (Å²) in [6.45, 7) is 8.22. The second-order valence-electron chi connectivity index (χ2n) is 8.69. The van der Waals surface area contributed by atoms with Crippen LogP contribution >= 0.6 is 0 Å². The van der Waals surface area contributed by atoms with E-state index in [0.29, 0.717) is 6.61 Å². The van der Waals surface area contributed by atoms with Gasteiger partial charge < -0.3 is 18.9 Å². The first kappa shape index (κ1) is 21.4. The summed E-state index contributed by atoms with van der Waals surface area (Å²) in [5, 5.41) is 0. The van der Waals surface area contributed by atoms with Gasteiger partial charge in [0.1, 0.15) is 11.4 Å². The van der Waals surface area contributed by atoms with Crippen molar-refractivity contribution in [2.45, 2.75) is 70.9 Å². The molecule has 0 N–H and O–H groups in total. The first-order chi connectivity index (χ1) is 13.5. The van der Waals surface area contributed by atoms with E-state index < -0.39 is 0 Å². The van der Waals surface area contributed by atoms with Crippen molar-refractivity contribution in [3.8, 4) is 5.75 Å². The molecular formula is C24H36O4. The molecule has 1 heterocycles. The fourth-order valence-corrected chi connectivity index (χ4v) is 4.47. The topological polar surface area (TPSA) is 40.2 Å². The zero-order valence-corrected chi connectivity index (χ0v) is 18.1. The number of benzene rings is 1. The molecule has 0 radical (unpaired) electrons. The molecule has 1 aliphatic carbocycles.